The molecule has 1 amide bonds. The van der Waals surface area contributed by atoms with Crippen LogP contribution in [0.2, 0.25) is 10.0 Å². The number of aliphatic hydroxyl groups is 1. The zero-order chi connectivity index (χ0) is 23.6. The molecule has 1 aliphatic rings. The molecule has 1 aliphatic heterocycles. The molecule has 0 aliphatic carbocycles. The van der Waals surface area contributed by atoms with Gasteiger partial charge in [0.25, 0.3) is 11.7 Å². The number of aliphatic hydroxyl groups excluding tert-OH is 1. The Hall–Kier alpha value is -2.54. The van der Waals surface area contributed by atoms with E-state index in [0.717, 1.165) is 12.1 Å². The number of halogens is 2. The number of amides is 1. The second-order valence-electron chi connectivity index (χ2n) is 8.00. The molecule has 32 heavy (non-hydrogen) atoms. The normalized spacial score (nSPS) is 18.0. The number of carbonyl (C=O) groups is 2. The SMILES string of the molecule is COc1ccc(/C(O)=C2\C(=O)C(=O)N(CCCN(C)C)[C@H]2c2ccc(Cl)cc2Cl)cc1C. The number of ether oxygens (including phenoxy) is 1. The smallest absolute Gasteiger partial charge is 0.295 e. The van der Waals surface area contributed by atoms with Gasteiger partial charge in [-0.25, -0.2) is 0 Å². The molecule has 1 atom stereocenters. The fraction of sp³-hybridized carbons (Fsp3) is 0.333. The van der Waals surface area contributed by atoms with Crippen LogP contribution < -0.4 is 4.74 Å². The van der Waals surface area contributed by atoms with Crippen molar-refractivity contribution in [3.8, 4) is 5.75 Å². The van der Waals surface area contributed by atoms with Crippen molar-refractivity contribution in [2.45, 2.75) is 19.4 Å². The third-order valence-corrected chi connectivity index (χ3v) is 6.03. The van der Waals surface area contributed by atoms with Gasteiger partial charge in [0.05, 0.1) is 18.7 Å². The van der Waals surface area contributed by atoms with Gasteiger partial charge in [-0.1, -0.05) is 29.3 Å². The van der Waals surface area contributed by atoms with E-state index in [2.05, 4.69) is 0 Å². The topological polar surface area (TPSA) is 70.1 Å². The molecular weight excluding hydrogens is 451 g/mol. The van der Waals surface area contributed by atoms with Gasteiger partial charge >= 0.3 is 0 Å². The third-order valence-electron chi connectivity index (χ3n) is 5.47. The molecule has 1 fully saturated rings. The van der Waals surface area contributed by atoms with Crippen molar-refractivity contribution >= 4 is 40.7 Å². The number of rotatable bonds is 7. The van der Waals surface area contributed by atoms with Crippen LogP contribution in [0.25, 0.3) is 5.76 Å². The van der Waals surface area contributed by atoms with Crippen LogP contribution >= 0.6 is 23.2 Å². The van der Waals surface area contributed by atoms with Crippen molar-refractivity contribution in [3.63, 3.8) is 0 Å². The van der Waals surface area contributed by atoms with Crippen molar-refractivity contribution in [1.29, 1.82) is 0 Å². The van der Waals surface area contributed by atoms with Crippen molar-refractivity contribution in [2.24, 2.45) is 0 Å². The van der Waals surface area contributed by atoms with E-state index in [-0.39, 0.29) is 11.3 Å². The van der Waals surface area contributed by atoms with E-state index in [4.69, 9.17) is 27.9 Å². The largest absolute Gasteiger partial charge is 0.507 e. The zero-order valence-electron chi connectivity index (χ0n) is 18.5. The number of ketones is 1. The molecule has 0 spiro atoms. The summed E-state index contributed by atoms with van der Waals surface area (Å²) in [4.78, 5) is 29.5. The highest BCUT2D eigenvalue weighted by molar-refractivity contribution is 6.47. The summed E-state index contributed by atoms with van der Waals surface area (Å²) in [5.41, 5.74) is 1.75. The molecular formula is C24H26Cl2N2O4. The van der Waals surface area contributed by atoms with Crippen LogP contribution in [0.4, 0.5) is 0 Å². The first-order valence-electron chi connectivity index (χ1n) is 10.2. The summed E-state index contributed by atoms with van der Waals surface area (Å²) in [7, 11) is 5.44. The summed E-state index contributed by atoms with van der Waals surface area (Å²) in [6, 6.07) is 9.17. The lowest BCUT2D eigenvalue weighted by atomic mass is 9.94. The number of hydrogen-bond acceptors (Lipinski definition) is 5. The fourth-order valence-electron chi connectivity index (χ4n) is 3.90. The van der Waals surface area contributed by atoms with Gasteiger partial charge in [-0.15, -0.1) is 0 Å². The molecule has 0 saturated carbocycles. The number of likely N-dealkylation sites (tertiary alicyclic amines) is 1. The summed E-state index contributed by atoms with van der Waals surface area (Å²) in [5.74, 6) is -0.994. The second-order valence-corrected chi connectivity index (χ2v) is 8.84. The van der Waals surface area contributed by atoms with Gasteiger partial charge in [0.2, 0.25) is 0 Å². The van der Waals surface area contributed by atoms with Gasteiger partial charge in [0, 0.05) is 22.2 Å². The van der Waals surface area contributed by atoms with E-state index >= 15 is 0 Å². The standard InChI is InChI=1S/C24H26Cl2N2O4/c1-14-12-15(6-9-19(14)32-4)22(29)20-21(17-8-7-16(25)13-18(17)26)28(24(31)23(20)30)11-5-10-27(2)3/h6-9,12-13,21,29H,5,10-11H2,1-4H3/b22-20+/t21-/m0/s1. The lowest BCUT2D eigenvalue weighted by Gasteiger charge is -2.26. The van der Waals surface area contributed by atoms with E-state index in [0.29, 0.717) is 39.9 Å². The lowest BCUT2D eigenvalue weighted by Crippen LogP contribution is -2.32. The van der Waals surface area contributed by atoms with Crippen LogP contribution in [0.3, 0.4) is 0 Å². The molecule has 2 aromatic rings. The minimum atomic E-state index is -0.815. The Morgan fingerprint density at radius 2 is 1.88 bits per heavy atom. The van der Waals surface area contributed by atoms with Gasteiger partial charge in [0.1, 0.15) is 11.5 Å². The van der Waals surface area contributed by atoms with Crippen LogP contribution in [0.5, 0.6) is 5.75 Å². The number of hydrogen-bond donors (Lipinski definition) is 1. The van der Waals surface area contributed by atoms with Crippen molar-refractivity contribution in [3.05, 3.63) is 68.7 Å². The highest BCUT2D eigenvalue weighted by Gasteiger charge is 2.46. The Morgan fingerprint density at radius 3 is 2.47 bits per heavy atom. The minimum Gasteiger partial charge on any atom is -0.507 e. The predicted octanol–water partition coefficient (Wildman–Crippen LogP) is 4.68. The third kappa shape index (κ3) is 4.77. The average molecular weight is 477 g/mol. The summed E-state index contributed by atoms with van der Waals surface area (Å²) in [6.45, 7) is 2.91. The molecule has 1 heterocycles. The predicted molar refractivity (Wildman–Crippen MR) is 126 cm³/mol. The van der Waals surface area contributed by atoms with E-state index in [1.165, 1.54) is 4.90 Å². The highest BCUT2D eigenvalue weighted by Crippen LogP contribution is 2.42. The van der Waals surface area contributed by atoms with Crippen LogP contribution in [0.15, 0.2) is 42.0 Å². The van der Waals surface area contributed by atoms with Crippen LogP contribution in [0, 0.1) is 6.92 Å². The van der Waals surface area contributed by atoms with Gasteiger partial charge in [-0.2, -0.15) is 0 Å². The maximum atomic E-state index is 13.1. The Balaban J connectivity index is 2.15. The molecule has 170 valence electrons. The lowest BCUT2D eigenvalue weighted by molar-refractivity contribution is -0.139. The fourth-order valence-corrected chi connectivity index (χ4v) is 4.41. The summed E-state index contributed by atoms with van der Waals surface area (Å²) >= 11 is 12.5. The average Bonchev–Trinajstić information content (AvgIpc) is 2.98. The van der Waals surface area contributed by atoms with Crippen molar-refractivity contribution in [1.82, 2.24) is 9.80 Å². The summed E-state index contributed by atoms with van der Waals surface area (Å²) in [6.07, 6.45) is 0.656. The van der Waals surface area contributed by atoms with Crippen molar-refractivity contribution in [2.75, 3.05) is 34.3 Å². The van der Waals surface area contributed by atoms with Gasteiger partial charge in [0.15, 0.2) is 0 Å². The molecule has 3 rings (SSSR count). The molecule has 0 unspecified atom stereocenters. The first-order valence-corrected chi connectivity index (χ1v) is 10.9. The quantitative estimate of drug-likeness (QED) is 0.356. The molecule has 0 aromatic heterocycles. The van der Waals surface area contributed by atoms with Crippen LogP contribution in [-0.2, 0) is 9.59 Å². The number of benzene rings is 2. The Bertz CT molecular complexity index is 1080. The number of Topliss-reactive ketones (excluding diaryl/α,β-unsaturated/α-hetero) is 1. The maximum absolute atomic E-state index is 13.1. The van der Waals surface area contributed by atoms with Gasteiger partial charge in [-0.05, 0) is 75.4 Å². The number of nitrogens with zero attached hydrogens (tertiary/aromatic N) is 2. The summed E-state index contributed by atoms with van der Waals surface area (Å²) in [5, 5.41) is 11.9. The second kappa shape index (κ2) is 9.94. The monoisotopic (exact) mass is 476 g/mol. The highest BCUT2D eigenvalue weighted by atomic mass is 35.5. The first kappa shape index (κ1) is 24.1. The Kier molecular flexibility index (Phi) is 7.49. The molecule has 6 nitrogen and oxygen atoms in total. The maximum Gasteiger partial charge on any atom is 0.295 e. The van der Waals surface area contributed by atoms with Gasteiger partial charge < -0.3 is 19.6 Å². The van der Waals surface area contributed by atoms with E-state index in [9.17, 15) is 14.7 Å². The van der Waals surface area contributed by atoms with E-state index in [1.807, 2.05) is 25.9 Å². The summed E-state index contributed by atoms with van der Waals surface area (Å²) < 4.78 is 5.28. The number of aryl methyl sites for hydroxylation is 1. The Labute approximate surface area is 198 Å². The molecule has 1 N–H and O–H groups in total. The van der Waals surface area contributed by atoms with Crippen LogP contribution in [-0.4, -0.2) is 60.9 Å². The van der Waals surface area contributed by atoms with Crippen molar-refractivity contribution < 1.29 is 19.4 Å². The number of methoxy groups -OCH3 is 1. The Morgan fingerprint density at radius 1 is 1.16 bits per heavy atom. The molecule has 1 saturated heterocycles. The zero-order valence-corrected chi connectivity index (χ0v) is 20.0. The van der Waals surface area contributed by atoms with E-state index < -0.39 is 17.7 Å². The molecule has 8 heteroatoms. The molecule has 0 radical (unpaired) electrons. The molecule has 2 aromatic carbocycles. The van der Waals surface area contributed by atoms with Crippen LogP contribution in [0.1, 0.15) is 29.2 Å². The minimum absolute atomic E-state index is 0.00800. The van der Waals surface area contributed by atoms with E-state index in [1.54, 1.807) is 43.5 Å². The first-order chi connectivity index (χ1) is 15.1. The number of carbonyl (C=O) groups excluding carboxylic acids is 2. The van der Waals surface area contributed by atoms with Gasteiger partial charge in [-0.3, -0.25) is 9.59 Å². The molecule has 0 bridgehead atoms.